The number of aliphatic imine (C=N–C) groups is 1. The lowest BCUT2D eigenvalue weighted by Crippen LogP contribution is -2.38. The summed E-state index contributed by atoms with van der Waals surface area (Å²) < 4.78 is 29.9. The maximum absolute atomic E-state index is 11.6. The molecule has 1 unspecified atom stereocenters. The molecule has 0 aromatic heterocycles. The van der Waals surface area contributed by atoms with Gasteiger partial charge in [-0.05, 0) is 43.4 Å². The standard InChI is InChI=1S/C20H36N4O3S.HI/c1-6-21-20(22-14-8-16-24(7-2)28(5,25)26)23-15-13-17(3)18-9-11-19(27-4)12-10-18;/h9-12,17H,6-8,13-16H2,1-5H3,(H2,21,22,23);1H. The molecule has 0 heterocycles. The second kappa shape index (κ2) is 14.8. The molecule has 1 aromatic carbocycles. The SMILES string of the molecule is CCNC(=NCCCN(CC)S(C)(=O)=O)NCCC(C)c1ccc(OC)cc1.I. The highest BCUT2D eigenvalue weighted by molar-refractivity contribution is 14.0. The van der Waals surface area contributed by atoms with Crippen molar-refractivity contribution in [3.63, 3.8) is 0 Å². The van der Waals surface area contributed by atoms with Crippen LogP contribution in [-0.2, 0) is 10.0 Å². The molecule has 2 N–H and O–H groups in total. The zero-order chi connectivity index (χ0) is 21.0. The Morgan fingerprint density at radius 2 is 1.86 bits per heavy atom. The Morgan fingerprint density at radius 3 is 2.38 bits per heavy atom. The molecule has 9 heteroatoms. The summed E-state index contributed by atoms with van der Waals surface area (Å²) in [4.78, 5) is 4.55. The van der Waals surface area contributed by atoms with Crippen LogP contribution >= 0.6 is 24.0 Å². The van der Waals surface area contributed by atoms with Gasteiger partial charge in [0.05, 0.1) is 13.4 Å². The minimum absolute atomic E-state index is 0. The molecule has 0 saturated carbocycles. The van der Waals surface area contributed by atoms with Gasteiger partial charge in [0.1, 0.15) is 5.75 Å². The predicted molar refractivity (Wildman–Crippen MR) is 132 cm³/mol. The third kappa shape index (κ3) is 11.0. The number of hydrogen-bond donors (Lipinski definition) is 2. The van der Waals surface area contributed by atoms with E-state index in [0.717, 1.165) is 31.2 Å². The van der Waals surface area contributed by atoms with Crippen molar-refractivity contribution in [3.8, 4) is 5.75 Å². The maximum atomic E-state index is 11.6. The first-order chi connectivity index (χ1) is 13.3. The zero-order valence-corrected chi connectivity index (χ0v) is 21.4. The molecular formula is C20H37IN4O3S. The Kier molecular flexibility index (Phi) is 14.3. The third-order valence-electron chi connectivity index (χ3n) is 4.56. The summed E-state index contributed by atoms with van der Waals surface area (Å²) in [6, 6.07) is 8.18. The molecular weight excluding hydrogens is 503 g/mol. The Bertz CT molecular complexity index is 696. The van der Waals surface area contributed by atoms with Gasteiger partial charge in [-0.2, -0.15) is 0 Å². The van der Waals surface area contributed by atoms with Crippen molar-refractivity contribution >= 4 is 40.0 Å². The normalized spacial score (nSPS) is 13.0. The number of nitrogens with zero attached hydrogens (tertiary/aromatic N) is 2. The number of ether oxygens (including phenoxy) is 1. The highest BCUT2D eigenvalue weighted by Crippen LogP contribution is 2.21. The molecule has 1 rings (SSSR count). The van der Waals surface area contributed by atoms with E-state index in [1.54, 1.807) is 7.11 Å². The van der Waals surface area contributed by atoms with Crippen molar-refractivity contribution in [2.24, 2.45) is 4.99 Å². The minimum Gasteiger partial charge on any atom is -0.497 e. The van der Waals surface area contributed by atoms with E-state index in [1.165, 1.54) is 16.1 Å². The van der Waals surface area contributed by atoms with Crippen molar-refractivity contribution in [1.82, 2.24) is 14.9 Å². The van der Waals surface area contributed by atoms with Crippen LogP contribution in [0.1, 0.15) is 45.1 Å². The van der Waals surface area contributed by atoms with E-state index < -0.39 is 10.0 Å². The Morgan fingerprint density at radius 1 is 1.21 bits per heavy atom. The lowest BCUT2D eigenvalue weighted by molar-refractivity contribution is 0.414. The summed E-state index contributed by atoms with van der Waals surface area (Å²) in [5, 5.41) is 6.59. The highest BCUT2D eigenvalue weighted by Gasteiger charge is 2.13. The number of benzene rings is 1. The van der Waals surface area contributed by atoms with Crippen molar-refractivity contribution < 1.29 is 13.2 Å². The summed E-state index contributed by atoms with van der Waals surface area (Å²) >= 11 is 0. The fraction of sp³-hybridized carbons (Fsp3) is 0.650. The molecule has 29 heavy (non-hydrogen) atoms. The Hall–Kier alpha value is -1.07. The van der Waals surface area contributed by atoms with Crippen LogP contribution in [0, 0.1) is 0 Å². The van der Waals surface area contributed by atoms with E-state index in [2.05, 4.69) is 34.7 Å². The second-order valence-corrected chi connectivity index (χ2v) is 8.74. The fourth-order valence-corrected chi connectivity index (χ4v) is 3.77. The van der Waals surface area contributed by atoms with Crippen LogP contribution < -0.4 is 15.4 Å². The van der Waals surface area contributed by atoms with Gasteiger partial charge >= 0.3 is 0 Å². The number of methoxy groups -OCH3 is 1. The molecule has 1 atom stereocenters. The van der Waals surface area contributed by atoms with Crippen molar-refractivity contribution in [1.29, 1.82) is 0 Å². The van der Waals surface area contributed by atoms with Gasteiger partial charge in [-0.15, -0.1) is 24.0 Å². The monoisotopic (exact) mass is 540 g/mol. The van der Waals surface area contributed by atoms with Gasteiger partial charge < -0.3 is 15.4 Å². The third-order valence-corrected chi connectivity index (χ3v) is 5.93. The lowest BCUT2D eigenvalue weighted by Gasteiger charge is -2.17. The van der Waals surface area contributed by atoms with Gasteiger partial charge in [0, 0.05) is 32.7 Å². The van der Waals surface area contributed by atoms with Crippen LogP contribution in [0.4, 0.5) is 0 Å². The second-order valence-electron chi connectivity index (χ2n) is 6.76. The van der Waals surface area contributed by atoms with Gasteiger partial charge in [0.25, 0.3) is 0 Å². The van der Waals surface area contributed by atoms with Crippen LogP contribution in [0.25, 0.3) is 0 Å². The molecule has 0 saturated heterocycles. The number of rotatable bonds is 12. The number of hydrogen-bond acceptors (Lipinski definition) is 4. The zero-order valence-electron chi connectivity index (χ0n) is 18.3. The van der Waals surface area contributed by atoms with E-state index in [1.807, 2.05) is 26.0 Å². The molecule has 0 radical (unpaired) electrons. The molecule has 0 aliphatic carbocycles. The maximum Gasteiger partial charge on any atom is 0.211 e. The van der Waals surface area contributed by atoms with E-state index in [4.69, 9.17) is 4.74 Å². The summed E-state index contributed by atoms with van der Waals surface area (Å²) in [5.74, 6) is 2.06. The quantitative estimate of drug-likeness (QED) is 0.184. The average molecular weight is 541 g/mol. The summed E-state index contributed by atoms with van der Waals surface area (Å²) in [5.41, 5.74) is 1.28. The van der Waals surface area contributed by atoms with Crippen LogP contribution in [0.2, 0.25) is 0 Å². The average Bonchev–Trinajstić information content (AvgIpc) is 2.66. The van der Waals surface area contributed by atoms with Gasteiger partial charge in [0.2, 0.25) is 10.0 Å². The van der Waals surface area contributed by atoms with Gasteiger partial charge in [-0.3, -0.25) is 4.99 Å². The number of guanidine groups is 1. The Balaban J connectivity index is 0.00000784. The first-order valence-corrected chi connectivity index (χ1v) is 11.8. The van der Waals surface area contributed by atoms with E-state index in [-0.39, 0.29) is 24.0 Å². The van der Waals surface area contributed by atoms with E-state index in [9.17, 15) is 8.42 Å². The van der Waals surface area contributed by atoms with Crippen molar-refractivity contribution in [2.75, 3.05) is 46.1 Å². The first kappa shape index (κ1) is 27.9. The predicted octanol–water partition coefficient (Wildman–Crippen LogP) is 3.03. The number of sulfonamides is 1. The molecule has 1 aromatic rings. The number of halogens is 1. The molecule has 0 spiro atoms. The molecule has 7 nitrogen and oxygen atoms in total. The summed E-state index contributed by atoms with van der Waals surface area (Å²) in [7, 11) is -1.46. The van der Waals surface area contributed by atoms with Crippen LogP contribution in [0.5, 0.6) is 5.75 Å². The van der Waals surface area contributed by atoms with E-state index in [0.29, 0.717) is 32.0 Å². The minimum atomic E-state index is -3.13. The van der Waals surface area contributed by atoms with Crippen LogP contribution in [-0.4, -0.2) is 64.8 Å². The lowest BCUT2D eigenvalue weighted by atomic mass is 9.98. The molecule has 0 fully saturated rings. The molecule has 0 bridgehead atoms. The fourth-order valence-electron chi connectivity index (χ4n) is 2.84. The van der Waals surface area contributed by atoms with Crippen LogP contribution in [0.15, 0.2) is 29.3 Å². The van der Waals surface area contributed by atoms with Crippen molar-refractivity contribution in [3.05, 3.63) is 29.8 Å². The van der Waals surface area contributed by atoms with Gasteiger partial charge in [-0.25, -0.2) is 12.7 Å². The molecule has 0 amide bonds. The molecule has 0 aliphatic heterocycles. The molecule has 168 valence electrons. The summed E-state index contributed by atoms with van der Waals surface area (Å²) in [6.07, 6.45) is 2.92. The van der Waals surface area contributed by atoms with E-state index >= 15 is 0 Å². The first-order valence-electron chi connectivity index (χ1n) is 9.93. The van der Waals surface area contributed by atoms with Crippen molar-refractivity contribution in [2.45, 2.75) is 39.5 Å². The smallest absolute Gasteiger partial charge is 0.211 e. The van der Waals surface area contributed by atoms with Crippen LogP contribution in [0.3, 0.4) is 0 Å². The van der Waals surface area contributed by atoms with Gasteiger partial charge in [0.15, 0.2) is 5.96 Å². The summed E-state index contributed by atoms with van der Waals surface area (Å²) in [6.45, 7) is 9.23. The Labute approximate surface area is 193 Å². The highest BCUT2D eigenvalue weighted by atomic mass is 127. The largest absolute Gasteiger partial charge is 0.497 e. The molecule has 0 aliphatic rings. The van der Waals surface area contributed by atoms with Gasteiger partial charge in [-0.1, -0.05) is 26.0 Å². The topological polar surface area (TPSA) is 83.0 Å². The number of nitrogens with one attached hydrogen (secondary N) is 2.